The summed E-state index contributed by atoms with van der Waals surface area (Å²) in [4.78, 5) is 25.3. The van der Waals surface area contributed by atoms with Crippen LogP contribution in [0.5, 0.6) is 0 Å². The van der Waals surface area contributed by atoms with E-state index in [0.29, 0.717) is 11.3 Å². The van der Waals surface area contributed by atoms with Gasteiger partial charge in [0.1, 0.15) is 0 Å². The molecule has 0 aliphatic heterocycles. The number of carbonyl (C=O) groups is 2. The molecule has 0 radical (unpaired) electrons. The lowest BCUT2D eigenvalue weighted by atomic mass is 9.99. The number of hydrogen-bond acceptors (Lipinski definition) is 4. The number of rotatable bonds is 4. The van der Waals surface area contributed by atoms with Crippen molar-refractivity contribution >= 4 is 34.9 Å². The molecule has 0 unspecified atom stereocenters. The Hall–Kier alpha value is -1.01. The minimum Gasteiger partial charge on any atom is -0.273 e. The number of nitrogens with one attached hydrogen (secondary N) is 2. The molecule has 0 saturated carbocycles. The van der Waals surface area contributed by atoms with E-state index in [0.717, 1.165) is 18.6 Å². The molecule has 4 nitrogen and oxygen atoms in total. The smallest absolute Gasteiger partial charge is 0.273 e. The number of thioether (sulfide) groups is 1. The SMILES string of the molecule is CSCCC(=O)NNC(=O)c1cc2c(s1)CCCC2. The Balaban J connectivity index is 1.86. The Morgan fingerprint density at radius 1 is 1.32 bits per heavy atom. The fourth-order valence-electron chi connectivity index (χ4n) is 2.05. The van der Waals surface area contributed by atoms with Crippen LogP contribution in [0.3, 0.4) is 0 Å². The second kappa shape index (κ2) is 6.96. The summed E-state index contributed by atoms with van der Waals surface area (Å²) < 4.78 is 0. The molecule has 0 bridgehead atoms. The number of amides is 2. The number of carbonyl (C=O) groups excluding carboxylic acids is 2. The maximum absolute atomic E-state index is 11.9. The third-order valence-corrected chi connectivity index (χ3v) is 4.92. The quantitative estimate of drug-likeness (QED) is 0.837. The molecule has 1 aliphatic rings. The molecular formula is C13H18N2O2S2. The van der Waals surface area contributed by atoms with Crippen LogP contribution in [0, 0.1) is 0 Å². The van der Waals surface area contributed by atoms with E-state index in [1.165, 1.54) is 23.3 Å². The molecule has 0 fully saturated rings. The fraction of sp³-hybridized carbons (Fsp3) is 0.538. The lowest BCUT2D eigenvalue weighted by Crippen LogP contribution is -2.41. The van der Waals surface area contributed by atoms with Crippen LogP contribution in [0.25, 0.3) is 0 Å². The van der Waals surface area contributed by atoms with Gasteiger partial charge in [-0.15, -0.1) is 11.3 Å². The van der Waals surface area contributed by atoms with Crippen LogP contribution >= 0.6 is 23.1 Å². The van der Waals surface area contributed by atoms with Crippen molar-refractivity contribution in [2.45, 2.75) is 32.1 Å². The van der Waals surface area contributed by atoms with Crippen LogP contribution in [0.15, 0.2) is 6.07 Å². The zero-order valence-electron chi connectivity index (χ0n) is 11.0. The monoisotopic (exact) mass is 298 g/mol. The highest BCUT2D eigenvalue weighted by Gasteiger charge is 2.17. The van der Waals surface area contributed by atoms with Gasteiger partial charge in [0.15, 0.2) is 0 Å². The second-order valence-electron chi connectivity index (χ2n) is 4.51. The van der Waals surface area contributed by atoms with Crippen molar-refractivity contribution in [2.24, 2.45) is 0 Å². The summed E-state index contributed by atoms with van der Waals surface area (Å²) in [6.07, 6.45) is 6.92. The lowest BCUT2D eigenvalue weighted by molar-refractivity contribution is -0.121. The first-order valence-corrected chi connectivity index (χ1v) is 8.61. The van der Waals surface area contributed by atoms with E-state index in [-0.39, 0.29) is 11.8 Å². The number of aryl methyl sites for hydroxylation is 2. The van der Waals surface area contributed by atoms with E-state index in [2.05, 4.69) is 10.9 Å². The van der Waals surface area contributed by atoms with Crippen LogP contribution in [0.2, 0.25) is 0 Å². The first kappa shape index (κ1) is 14.4. The third-order valence-electron chi connectivity index (χ3n) is 3.07. The van der Waals surface area contributed by atoms with E-state index in [1.807, 2.05) is 12.3 Å². The molecule has 2 amide bonds. The summed E-state index contributed by atoms with van der Waals surface area (Å²) in [6.45, 7) is 0. The molecule has 1 aromatic rings. The highest BCUT2D eigenvalue weighted by molar-refractivity contribution is 7.98. The molecular weight excluding hydrogens is 280 g/mol. The molecule has 6 heteroatoms. The van der Waals surface area contributed by atoms with Gasteiger partial charge in [0.05, 0.1) is 4.88 Å². The van der Waals surface area contributed by atoms with E-state index in [1.54, 1.807) is 23.1 Å². The number of hydrazine groups is 1. The molecule has 0 atom stereocenters. The highest BCUT2D eigenvalue weighted by atomic mass is 32.2. The van der Waals surface area contributed by atoms with E-state index >= 15 is 0 Å². The second-order valence-corrected chi connectivity index (χ2v) is 6.63. The van der Waals surface area contributed by atoms with E-state index in [4.69, 9.17) is 0 Å². The van der Waals surface area contributed by atoms with Crippen molar-refractivity contribution in [3.8, 4) is 0 Å². The first-order chi connectivity index (χ1) is 9.20. The molecule has 2 rings (SSSR count). The van der Waals surface area contributed by atoms with Crippen molar-refractivity contribution in [3.63, 3.8) is 0 Å². The molecule has 104 valence electrons. The number of fused-ring (bicyclic) bond motifs is 1. The standard InChI is InChI=1S/C13H18N2O2S2/c1-18-7-6-12(16)14-15-13(17)11-8-9-4-2-3-5-10(9)19-11/h8H,2-7H2,1H3,(H,14,16)(H,15,17). The zero-order valence-corrected chi connectivity index (χ0v) is 12.6. The molecule has 19 heavy (non-hydrogen) atoms. The van der Waals surface area contributed by atoms with Gasteiger partial charge in [-0.3, -0.25) is 20.4 Å². The van der Waals surface area contributed by atoms with Crippen LogP contribution in [-0.4, -0.2) is 23.8 Å². The number of thiophene rings is 1. The van der Waals surface area contributed by atoms with Gasteiger partial charge in [0, 0.05) is 17.1 Å². The molecule has 1 heterocycles. The van der Waals surface area contributed by atoms with Crippen molar-refractivity contribution < 1.29 is 9.59 Å². The summed E-state index contributed by atoms with van der Waals surface area (Å²) in [6, 6.07) is 1.96. The topological polar surface area (TPSA) is 58.2 Å². The van der Waals surface area contributed by atoms with Gasteiger partial charge < -0.3 is 0 Å². The van der Waals surface area contributed by atoms with Crippen molar-refractivity contribution in [1.29, 1.82) is 0 Å². The minimum atomic E-state index is -0.211. The minimum absolute atomic E-state index is 0.149. The van der Waals surface area contributed by atoms with Crippen LogP contribution in [-0.2, 0) is 17.6 Å². The van der Waals surface area contributed by atoms with Gasteiger partial charge in [-0.1, -0.05) is 0 Å². The van der Waals surface area contributed by atoms with Gasteiger partial charge in [-0.2, -0.15) is 11.8 Å². The summed E-state index contributed by atoms with van der Waals surface area (Å²) in [5.74, 6) is 0.399. The van der Waals surface area contributed by atoms with E-state index < -0.39 is 0 Å². The largest absolute Gasteiger partial charge is 0.279 e. The van der Waals surface area contributed by atoms with Crippen molar-refractivity contribution in [2.75, 3.05) is 12.0 Å². The van der Waals surface area contributed by atoms with Gasteiger partial charge in [0.2, 0.25) is 5.91 Å². The normalized spacial score (nSPS) is 13.7. The average Bonchev–Trinajstić information content (AvgIpc) is 2.86. The zero-order chi connectivity index (χ0) is 13.7. The Bertz CT molecular complexity index is 448. The van der Waals surface area contributed by atoms with Gasteiger partial charge >= 0.3 is 0 Å². The molecule has 2 N–H and O–H groups in total. The Morgan fingerprint density at radius 2 is 2.11 bits per heavy atom. The van der Waals surface area contributed by atoms with Crippen LogP contribution in [0.1, 0.15) is 39.4 Å². The maximum atomic E-state index is 11.9. The Kier molecular flexibility index (Phi) is 5.27. The van der Waals surface area contributed by atoms with Crippen LogP contribution < -0.4 is 10.9 Å². The Labute approximate surface area is 121 Å². The van der Waals surface area contributed by atoms with Crippen molar-refractivity contribution in [1.82, 2.24) is 10.9 Å². The van der Waals surface area contributed by atoms with Gasteiger partial charge in [0.25, 0.3) is 5.91 Å². The first-order valence-electron chi connectivity index (χ1n) is 6.40. The summed E-state index contributed by atoms with van der Waals surface area (Å²) in [5, 5.41) is 0. The predicted octanol–water partition coefficient (Wildman–Crippen LogP) is 2.14. The fourth-order valence-corrected chi connectivity index (χ4v) is 3.59. The average molecular weight is 298 g/mol. The van der Waals surface area contributed by atoms with E-state index in [9.17, 15) is 9.59 Å². The Morgan fingerprint density at radius 3 is 2.84 bits per heavy atom. The van der Waals surface area contributed by atoms with Gasteiger partial charge in [-0.25, -0.2) is 0 Å². The third kappa shape index (κ3) is 3.98. The molecule has 0 saturated heterocycles. The number of hydrogen-bond donors (Lipinski definition) is 2. The lowest BCUT2D eigenvalue weighted by Gasteiger charge is -2.08. The molecule has 1 aliphatic carbocycles. The van der Waals surface area contributed by atoms with Crippen molar-refractivity contribution in [3.05, 3.63) is 21.4 Å². The summed E-state index contributed by atoms with van der Waals surface area (Å²) in [5.41, 5.74) is 6.23. The predicted molar refractivity (Wildman–Crippen MR) is 79.6 cm³/mol. The summed E-state index contributed by atoms with van der Waals surface area (Å²) >= 11 is 3.15. The molecule has 0 aromatic carbocycles. The highest BCUT2D eigenvalue weighted by Crippen LogP contribution is 2.29. The molecule has 1 aromatic heterocycles. The van der Waals surface area contributed by atoms with Gasteiger partial charge in [-0.05, 0) is 43.6 Å². The summed E-state index contributed by atoms with van der Waals surface area (Å²) in [7, 11) is 0. The van der Waals surface area contributed by atoms with Crippen LogP contribution in [0.4, 0.5) is 0 Å². The maximum Gasteiger partial charge on any atom is 0.279 e. The molecule has 0 spiro atoms.